The fourth-order valence-electron chi connectivity index (χ4n) is 4.48. The summed E-state index contributed by atoms with van der Waals surface area (Å²) in [5, 5.41) is 7.90. The molecule has 0 saturated carbocycles. The molecular weight excluding hydrogens is 390 g/mol. The average Bonchev–Trinajstić information content (AvgIpc) is 3.10. The summed E-state index contributed by atoms with van der Waals surface area (Å²) in [5.74, 6) is 0.260. The van der Waals surface area contributed by atoms with Crippen LogP contribution in [0, 0.1) is 13.8 Å². The second-order valence-electron chi connectivity index (χ2n) is 9.75. The standard InChI is InChI=1S/C24H37N5O2/c1-7-10-23(31)28-14-9-8-11-20(28)19-15-21-25-16(2)18(17(3)29(21)27-19)12-13-22(30)26-24(4,5)6/h15,20H,7-14H2,1-6H3,(H,26,30)/t20-/m1/s1. The van der Waals surface area contributed by atoms with Crippen LogP contribution in [0.3, 0.4) is 0 Å². The highest BCUT2D eigenvalue weighted by Gasteiger charge is 2.30. The van der Waals surface area contributed by atoms with Crippen molar-refractivity contribution in [3.05, 3.63) is 28.7 Å². The van der Waals surface area contributed by atoms with Crippen molar-refractivity contribution in [3.63, 3.8) is 0 Å². The fraction of sp³-hybridized carbons (Fsp3) is 0.667. The number of nitrogens with zero attached hydrogens (tertiary/aromatic N) is 4. The van der Waals surface area contributed by atoms with Crippen LogP contribution in [0.4, 0.5) is 0 Å². The van der Waals surface area contributed by atoms with E-state index in [0.29, 0.717) is 19.3 Å². The molecule has 0 radical (unpaired) electrons. The Labute approximate surface area is 185 Å². The van der Waals surface area contributed by atoms with Gasteiger partial charge in [0.15, 0.2) is 5.65 Å². The highest BCUT2D eigenvalue weighted by atomic mass is 16.2. The van der Waals surface area contributed by atoms with Crippen molar-refractivity contribution >= 4 is 17.5 Å². The SMILES string of the molecule is CCCC(=O)N1CCCC[C@@H]1c1cc2nc(C)c(CCC(=O)NC(C)(C)C)c(C)n2n1. The molecule has 0 spiro atoms. The van der Waals surface area contributed by atoms with Gasteiger partial charge in [-0.15, -0.1) is 0 Å². The Balaban J connectivity index is 1.86. The molecule has 170 valence electrons. The van der Waals surface area contributed by atoms with Crippen molar-refractivity contribution in [2.45, 2.75) is 98.1 Å². The smallest absolute Gasteiger partial charge is 0.223 e. The number of carbonyl (C=O) groups is 2. The van der Waals surface area contributed by atoms with Gasteiger partial charge in [-0.1, -0.05) is 6.92 Å². The van der Waals surface area contributed by atoms with Crippen LogP contribution in [-0.2, 0) is 16.0 Å². The summed E-state index contributed by atoms with van der Waals surface area (Å²) in [6.07, 6.45) is 5.59. The normalized spacial score (nSPS) is 17.2. The summed E-state index contributed by atoms with van der Waals surface area (Å²) in [5.41, 5.74) is 4.50. The number of likely N-dealkylation sites (tertiary alicyclic amines) is 1. The maximum Gasteiger partial charge on any atom is 0.223 e. The Morgan fingerprint density at radius 3 is 2.61 bits per heavy atom. The number of amides is 2. The molecule has 7 heteroatoms. The summed E-state index contributed by atoms with van der Waals surface area (Å²) in [7, 11) is 0. The van der Waals surface area contributed by atoms with Crippen LogP contribution in [0.25, 0.3) is 5.65 Å². The minimum atomic E-state index is -0.235. The first-order valence-electron chi connectivity index (χ1n) is 11.6. The predicted molar refractivity (Wildman–Crippen MR) is 122 cm³/mol. The van der Waals surface area contributed by atoms with Crippen LogP contribution < -0.4 is 5.32 Å². The van der Waals surface area contributed by atoms with E-state index in [1.165, 1.54) is 0 Å². The number of hydrogen-bond donors (Lipinski definition) is 1. The van der Waals surface area contributed by atoms with E-state index in [1.54, 1.807) is 0 Å². The molecule has 31 heavy (non-hydrogen) atoms. The van der Waals surface area contributed by atoms with Crippen molar-refractivity contribution in [3.8, 4) is 0 Å². The van der Waals surface area contributed by atoms with Gasteiger partial charge in [0, 0.05) is 42.4 Å². The highest BCUT2D eigenvalue weighted by molar-refractivity contribution is 5.77. The number of hydrogen-bond acceptors (Lipinski definition) is 4. The molecule has 1 fully saturated rings. The van der Waals surface area contributed by atoms with E-state index in [2.05, 4.69) is 5.32 Å². The Morgan fingerprint density at radius 2 is 1.94 bits per heavy atom. The lowest BCUT2D eigenvalue weighted by Crippen LogP contribution is -2.40. The zero-order chi connectivity index (χ0) is 22.8. The quantitative estimate of drug-likeness (QED) is 0.754. The number of carbonyl (C=O) groups excluding carboxylic acids is 2. The first kappa shape index (κ1) is 23.2. The molecule has 1 atom stereocenters. The maximum absolute atomic E-state index is 12.7. The second-order valence-corrected chi connectivity index (χ2v) is 9.75. The van der Waals surface area contributed by atoms with Crippen molar-refractivity contribution < 1.29 is 9.59 Å². The van der Waals surface area contributed by atoms with E-state index >= 15 is 0 Å². The van der Waals surface area contributed by atoms with Gasteiger partial charge in [0.2, 0.25) is 11.8 Å². The molecule has 1 saturated heterocycles. The summed E-state index contributed by atoms with van der Waals surface area (Å²) in [6, 6.07) is 2.05. The average molecular weight is 428 g/mol. The van der Waals surface area contributed by atoms with Gasteiger partial charge in [-0.05, 0) is 72.3 Å². The molecule has 2 aromatic rings. The molecule has 0 bridgehead atoms. The Morgan fingerprint density at radius 1 is 1.19 bits per heavy atom. The molecule has 3 rings (SSSR count). The Kier molecular flexibility index (Phi) is 7.02. The molecule has 1 N–H and O–H groups in total. The lowest BCUT2D eigenvalue weighted by atomic mass is 9.99. The van der Waals surface area contributed by atoms with E-state index in [0.717, 1.165) is 60.5 Å². The number of rotatable bonds is 6. The molecule has 0 aliphatic carbocycles. The van der Waals surface area contributed by atoms with Crippen molar-refractivity contribution in [1.29, 1.82) is 0 Å². The van der Waals surface area contributed by atoms with Gasteiger partial charge in [-0.3, -0.25) is 9.59 Å². The van der Waals surface area contributed by atoms with Gasteiger partial charge in [0.05, 0.1) is 11.7 Å². The van der Waals surface area contributed by atoms with Crippen LogP contribution in [-0.4, -0.2) is 43.4 Å². The van der Waals surface area contributed by atoms with E-state index in [1.807, 2.05) is 57.0 Å². The largest absolute Gasteiger partial charge is 0.351 e. The molecule has 2 aromatic heterocycles. The number of piperidine rings is 1. The zero-order valence-corrected chi connectivity index (χ0v) is 19.9. The van der Waals surface area contributed by atoms with Crippen LogP contribution in [0.2, 0.25) is 0 Å². The van der Waals surface area contributed by atoms with Crippen LogP contribution >= 0.6 is 0 Å². The lowest BCUT2D eigenvalue weighted by molar-refractivity contribution is -0.135. The van der Waals surface area contributed by atoms with Crippen molar-refractivity contribution in [2.75, 3.05) is 6.54 Å². The van der Waals surface area contributed by atoms with E-state index in [-0.39, 0.29) is 23.4 Å². The van der Waals surface area contributed by atoms with E-state index in [4.69, 9.17) is 10.1 Å². The molecule has 3 heterocycles. The third-order valence-corrected chi connectivity index (χ3v) is 5.93. The topological polar surface area (TPSA) is 79.6 Å². The van der Waals surface area contributed by atoms with Gasteiger partial charge in [0.1, 0.15) is 0 Å². The lowest BCUT2D eigenvalue weighted by Gasteiger charge is -2.34. The van der Waals surface area contributed by atoms with Gasteiger partial charge >= 0.3 is 0 Å². The molecule has 2 amide bonds. The van der Waals surface area contributed by atoms with Crippen LogP contribution in [0.5, 0.6) is 0 Å². The minimum Gasteiger partial charge on any atom is -0.351 e. The van der Waals surface area contributed by atoms with E-state index in [9.17, 15) is 9.59 Å². The van der Waals surface area contributed by atoms with Gasteiger partial charge in [-0.25, -0.2) is 9.50 Å². The first-order chi connectivity index (χ1) is 14.6. The Bertz CT molecular complexity index is 957. The molecule has 0 aromatic carbocycles. The molecular formula is C24H37N5O2. The van der Waals surface area contributed by atoms with Gasteiger partial charge < -0.3 is 10.2 Å². The highest BCUT2D eigenvalue weighted by Crippen LogP contribution is 2.32. The minimum absolute atomic E-state index is 0.0234. The summed E-state index contributed by atoms with van der Waals surface area (Å²) in [4.78, 5) is 31.7. The Hall–Kier alpha value is -2.44. The molecule has 1 aliphatic rings. The molecule has 7 nitrogen and oxygen atoms in total. The van der Waals surface area contributed by atoms with E-state index < -0.39 is 0 Å². The second kappa shape index (κ2) is 9.37. The van der Waals surface area contributed by atoms with Crippen molar-refractivity contribution in [1.82, 2.24) is 24.8 Å². The third-order valence-electron chi connectivity index (χ3n) is 5.93. The van der Waals surface area contributed by atoms with Crippen LogP contribution in [0.1, 0.15) is 94.9 Å². The van der Waals surface area contributed by atoms with Crippen molar-refractivity contribution in [2.24, 2.45) is 0 Å². The fourth-order valence-corrected chi connectivity index (χ4v) is 4.48. The number of nitrogens with one attached hydrogen (secondary N) is 1. The number of fused-ring (bicyclic) bond motifs is 1. The maximum atomic E-state index is 12.7. The first-order valence-corrected chi connectivity index (χ1v) is 11.6. The number of aromatic nitrogens is 3. The monoisotopic (exact) mass is 427 g/mol. The predicted octanol–water partition coefficient (Wildman–Crippen LogP) is 4.05. The van der Waals surface area contributed by atoms with Gasteiger partial charge in [0.25, 0.3) is 0 Å². The van der Waals surface area contributed by atoms with Gasteiger partial charge in [-0.2, -0.15) is 5.10 Å². The molecule has 1 aliphatic heterocycles. The number of aryl methyl sites for hydroxylation is 2. The third kappa shape index (κ3) is 5.43. The summed E-state index contributed by atoms with van der Waals surface area (Å²) in [6.45, 7) is 12.8. The summed E-state index contributed by atoms with van der Waals surface area (Å²) < 4.78 is 1.89. The molecule has 0 unspecified atom stereocenters. The van der Waals surface area contributed by atoms with Crippen LogP contribution in [0.15, 0.2) is 6.07 Å². The zero-order valence-electron chi connectivity index (χ0n) is 19.9. The summed E-state index contributed by atoms with van der Waals surface area (Å²) >= 11 is 0.